The maximum Gasteiger partial charge on any atom is 0.264 e. The van der Waals surface area contributed by atoms with Crippen molar-refractivity contribution in [3.8, 4) is 5.75 Å². The van der Waals surface area contributed by atoms with Crippen molar-refractivity contribution in [2.45, 2.75) is 25.5 Å². The Balaban J connectivity index is 2.12. The number of nitrogens with one attached hydrogen (secondary N) is 2. The van der Waals surface area contributed by atoms with Gasteiger partial charge in [-0.05, 0) is 43.0 Å². The van der Waals surface area contributed by atoms with E-state index in [1.165, 1.54) is 6.07 Å². The molecule has 0 unspecified atom stereocenters. The number of methoxy groups -OCH3 is 1. The van der Waals surface area contributed by atoms with E-state index < -0.39 is 26.6 Å². The number of allylic oxidation sites excluding steroid dienone is 2. The van der Waals surface area contributed by atoms with Gasteiger partial charge in [-0.3, -0.25) is 4.79 Å². The van der Waals surface area contributed by atoms with Crippen molar-refractivity contribution in [2.75, 3.05) is 38.1 Å². The van der Waals surface area contributed by atoms with E-state index in [1.807, 2.05) is 19.1 Å². The summed E-state index contributed by atoms with van der Waals surface area (Å²) in [6.45, 7) is 12.4. The highest BCUT2D eigenvalue weighted by Gasteiger charge is 2.35. The first kappa shape index (κ1) is 27.0. The summed E-state index contributed by atoms with van der Waals surface area (Å²) in [4.78, 5) is 12.8. The molecule has 0 bridgehead atoms. The fourth-order valence-corrected chi connectivity index (χ4v) is 4.94. The van der Waals surface area contributed by atoms with Gasteiger partial charge in [-0.15, -0.1) is 11.6 Å². The Hall–Kier alpha value is -2.29. The van der Waals surface area contributed by atoms with E-state index in [2.05, 4.69) is 23.2 Å². The number of carbonyl (C=O) groups excluding carboxylic acids is 1. The number of amides is 1. The van der Waals surface area contributed by atoms with E-state index >= 15 is 0 Å². The molecule has 1 aromatic carbocycles. The summed E-state index contributed by atoms with van der Waals surface area (Å²) < 4.78 is 38.6. The average Bonchev–Trinajstić information content (AvgIpc) is 3.00. The van der Waals surface area contributed by atoms with Crippen LogP contribution in [0.15, 0.2) is 55.2 Å². The quantitative estimate of drug-likeness (QED) is 0.272. The van der Waals surface area contributed by atoms with Gasteiger partial charge in [0.15, 0.2) is 0 Å². The van der Waals surface area contributed by atoms with Crippen LogP contribution < -0.4 is 14.8 Å². The van der Waals surface area contributed by atoms with Crippen LogP contribution >= 0.6 is 11.6 Å². The lowest BCUT2D eigenvalue weighted by Crippen LogP contribution is -2.39. The first-order chi connectivity index (χ1) is 15.6. The fourth-order valence-electron chi connectivity index (χ4n) is 3.31. The summed E-state index contributed by atoms with van der Waals surface area (Å²) >= 11 is 6.21. The highest BCUT2D eigenvalue weighted by atomic mass is 35.5. The van der Waals surface area contributed by atoms with Crippen molar-refractivity contribution in [3.63, 3.8) is 0 Å². The normalized spacial score (nSPS) is 20.0. The summed E-state index contributed by atoms with van der Waals surface area (Å²) in [5, 5.41) is 2.49. The van der Waals surface area contributed by atoms with Gasteiger partial charge in [0.05, 0.1) is 23.0 Å². The van der Waals surface area contributed by atoms with Crippen LogP contribution in [0, 0.1) is 11.3 Å². The van der Waals surface area contributed by atoms with E-state index in [-0.39, 0.29) is 17.4 Å². The summed E-state index contributed by atoms with van der Waals surface area (Å²) in [6, 6.07) is 4.74. The lowest BCUT2D eigenvalue weighted by atomic mass is 9.83. The predicted molar refractivity (Wildman–Crippen MR) is 134 cm³/mol. The molecule has 0 spiro atoms. The molecule has 0 saturated heterocycles. The lowest BCUT2D eigenvalue weighted by Gasteiger charge is -2.30. The fraction of sp³-hybridized carbons (Fsp3) is 0.458. The number of benzene rings is 1. The number of ether oxygens (including phenoxy) is 2. The second kappa shape index (κ2) is 11.7. The van der Waals surface area contributed by atoms with Crippen LogP contribution in [0.5, 0.6) is 5.75 Å². The molecule has 0 aromatic heterocycles. The molecule has 1 heterocycles. The number of halogens is 1. The third-order valence-electron chi connectivity index (χ3n) is 6.01. The molecule has 1 aliphatic heterocycles. The zero-order valence-corrected chi connectivity index (χ0v) is 21.0. The number of carbonyl (C=O) groups is 1. The number of alkyl halides is 1. The van der Waals surface area contributed by atoms with Crippen LogP contribution in [0.2, 0.25) is 0 Å². The molecule has 2 N–H and O–H groups in total. The minimum absolute atomic E-state index is 0.188. The van der Waals surface area contributed by atoms with Gasteiger partial charge in [0.1, 0.15) is 12.4 Å². The Labute approximate surface area is 201 Å². The molecule has 1 aromatic rings. The lowest BCUT2D eigenvalue weighted by molar-refractivity contribution is 0.0981. The van der Waals surface area contributed by atoms with Crippen molar-refractivity contribution >= 4 is 33.2 Å². The molecule has 33 heavy (non-hydrogen) atoms. The number of hydrogen-bond acceptors (Lipinski definition) is 6. The van der Waals surface area contributed by atoms with Gasteiger partial charge < -0.3 is 14.8 Å². The standard InChI is InChI=1S/C24H33ClN2O5S/c1-6-18(3)24(14-25)15-26-21-13-20(10-11-22(21)32-16-24)23(28)27-33(29,30)19(4)17(2)9-7-8-12-31-5/h6-8,10-11,13,17,19,26H,1,3,9,12,14-16H2,2,4-5H3,(H,27,28)/b8-7+/t17-,19+,24-/m0/s1. The Morgan fingerprint density at radius 3 is 2.76 bits per heavy atom. The molecule has 7 nitrogen and oxygen atoms in total. The SMILES string of the molecule is C=CC(=C)[C@@]1(CCl)CNc2cc(C(=O)NS(=O)(=O)[C@H](C)[C@@H](C)C/C=C/COC)ccc2OC1. The smallest absolute Gasteiger partial charge is 0.264 e. The van der Waals surface area contributed by atoms with Crippen LogP contribution in [0.3, 0.4) is 0 Å². The zero-order valence-electron chi connectivity index (χ0n) is 19.4. The Morgan fingerprint density at radius 2 is 2.12 bits per heavy atom. The van der Waals surface area contributed by atoms with E-state index in [9.17, 15) is 13.2 Å². The van der Waals surface area contributed by atoms with Gasteiger partial charge >= 0.3 is 0 Å². The molecule has 182 valence electrons. The Bertz CT molecular complexity index is 1010. The molecule has 1 amide bonds. The summed E-state index contributed by atoms with van der Waals surface area (Å²) in [6.07, 6.45) is 5.92. The van der Waals surface area contributed by atoms with Crippen LogP contribution in [0.25, 0.3) is 0 Å². The van der Waals surface area contributed by atoms with E-state index in [1.54, 1.807) is 32.2 Å². The molecule has 0 aliphatic carbocycles. The number of anilines is 1. The highest BCUT2D eigenvalue weighted by Crippen LogP contribution is 2.37. The topological polar surface area (TPSA) is 93.7 Å². The molecular weight excluding hydrogens is 464 g/mol. The van der Waals surface area contributed by atoms with E-state index in [0.717, 1.165) is 5.57 Å². The van der Waals surface area contributed by atoms with Crippen LogP contribution in [-0.2, 0) is 14.8 Å². The summed E-state index contributed by atoms with van der Waals surface area (Å²) in [7, 11) is -2.28. The number of hydrogen-bond donors (Lipinski definition) is 2. The van der Waals surface area contributed by atoms with Crippen molar-refractivity contribution in [3.05, 3.63) is 60.7 Å². The molecule has 0 saturated carbocycles. The number of rotatable bonds is 11. The second-order valence-corrected chi connectivity index (χ2v) is 10.6. The molecule has 3 atom stereocenters. The zero-order chi connectivity index (χ0) is 24.6. The Kier molecular flexibility index (Phi) is 9.57. The molecule has 0 radical (unpaired) electrons. The first-order valence-electron chi connectivity index (χ1n) is 10.7. The third-order valence-corrected chi connectivity index (χ3v) is 8.43. The maximum atomic E-state index is 12.8. The molecule has 1 aliphatic rings. The van der Waals surface area contributed by atoms with Crippen molar-refractivity contribution in [2.24, 2.45) is 11.3 Å². The largest absolute Gasteiger partial charge is 0.490 e. The van der Waals surface area contributed by atoms with E-state index in [0.29, 0.717) is 37.6 Å². The third kappa shape index (κ3) is 6.62. The molecule has 0 fully saturated rings. The summed E-state index contributed by atoms with van der Waals surface area (Å²) in [5.41, 5.74) is 0.988. The van der Waals surface area contributed by atoms with Gasteiger partial charge in [-0.1, -0.05) is 38.3 Å². The minimum atomic E-state index is -3.87. The van der Waals surface area contributed by atoms with Gasteiger partial charge in [0.25, 0.3) is 5.91 Å². The molecular formula is C24H33ClN2O5S. The van der Waals surface area contributed by atoms with Crippen molar-refractivity contribution < 1.29 is 22.7 Å². The number of fused-ring (bicyclic) bond motifs is 1. The molecule has 2 rings (SSSR count). The van der Waals surface area contributed by atoms with Crippen LogP contribution in [-0.4, -0.2) is 52.3 Å². The van der Waals surface area contributed by atoms with Crippen LogP contribution in [0.1, 0.15) is 30.6 Å². The van der Waals surface area contributed by atoms with Crippen LogP contribution in [0.4, 0.5) is 5.69 Å². The second-order valence-electron chi connectivity index (χ2n) is 8.32. The van der Waals surface area contributed by atoms with Gasteiger partial charge in [-0.2, -0.15) is 0 Å². The Morgan fingerprint density at radius 1 is 1.39 bits per heavy atom. The number of sulfonamides is 1. The van der Waals surface area contributed by atoms with Gasteiger partial charge in [-0.25, -0.2) is 13.1 Å². The summed E-state index contributed by atoms with van der Waals surface area (Å²) in [5.74, 6) is -0.0616. The maximum absolute atomic E-state index is 12.8. The van der Waals surface area contributed by atoms with Crippen molar-refractivity contribution in [1.82, 2.24) is 4.72 Å². The average molecular weight is 497 g/mol. The van der Waals surface area contributed by atoms with Gasteiger partial charge in [0.2, 0.25) is 10.0 Å². The monoisotopic (exact) mass is 496 g/mol. The molecule has 9 heteroatoms. The van der Waals surface area contributed by atoms with E-state index in [4.69, 9.17) is 21.1 Å². The predicted octanol–water partition coefficient (Wildman–Crippen LogP) is 4.14. The highest BCUT2D eigenvalue weighted by molar-refractivity contribution is 7.90. The van der Waals surface area contributed by atoms with Crippen molar-refractivity contribution in [1.29, 1.82) is 0 Å². The van der Waals surface area contributed by atoms with Gasteiger partial charge in [0, 0.05) is 25.1 Å². The first-order valence-corrected chi connectivity index (χ1v) is 12.8. The minimum Gasteiger partial charge on any atom is -0.490 e.